The predicted octanol–water partition coefficient (Wildman–Crippen LogP) is 3.64. The Bertz CT molecular complexity index is 1310. The lowest BCUT2D eigenvalue weighted by atomic mass is 10.0. The van der Waals surface area contributed by atoms with E-state index in [0.717, 1.165) is 11.1 Å². The van der Waals surface area contributed by atoms with Crippen LogP contribution in [0.3, 0.4) is 0 Å². The summed E-state index contributed by atoms with van der Waals surface area (Å²) in [7, 11) is 1.56. The van der Waals surface area contributed by atoms with Crippen LogP contribution in [0.15, 0.2) is 60.7 Å². The van der Waals surface area contributed by atoms with Gasteiger partial charge < -0.3 is 33.9 Å². The second-order valence-electron chi connectivity index (χ2n) is 9.07. The van der Waals surface area contributed by atoms with E-state index in [1.54, 1.807) is 25.3 Å². The van der Waals surface area contributed by atoms with E-state index < -0.39 is 6.04 Å². The first-order valence-electron chi connectivity index (χ1n) is 12.5. The summed E-state index contributed by atoms with van der Waals surface area (Å²) < 4.78 is 27.4. The van der Waals surface area contributed by atoms with Crippen molar-refractivity contribution in [3.8, 4) is 23.0 Å². The van der Waals surface area contributed by atoms with Crippen molar-refractivity contribution in [2.75, 3.05) is 40.3 Å². The van der Waals surface area contributed by atoms with Crippen molar-refractivity contribution in [1.82, 2.24) is 10.2 Å². The molecule has 2 aliphatic rings. The molecule has 0 aromatic heterocycles. The Balaban J connectivity index is 1.44. The van der Waals surface area contributed by atoms with Crippen LogP contribution in [0.4, 0.5) is 0 Å². The summed E-state index contributed by atoms with van der Waals surface area (Å²) in [6, 6.07) is 17.3. The number of methoxy groups -OCH3 is 1. The molecule has 1 atom stereocenters. The van der Waals surface area contributed by atoms with E-state index in [9.17, 15) is 9.59 Å². The summed E-state index contributed by atoms with van der Waals surface area (Å²) in [4.78, 5) is 29.2. The van der Waals surface area contributed by atoms with Gasteiger partial charge in [0.25, 0.3) is 5.91 Å². The number of carbonyl (C=O) groups excluding carboxylic acids is 2. The second-order valence-corrected chi connectivity index (χ2v) is 9.07. The molecule has 0 radical (unpaired) electrons. The lowest BCUT2D eigenvalue weighted by molar-refractivity contribution is -0.126. The van der Waals surface area contributed by atoms with Gasteiger partial charge in [-0.1, -0.05) is 35.9 Å². The Kier molecular flexibility index (Phi) is 7.65. The standard InChI is InChI=1S/C29H30N2O7/c1-19-3-6-21(7-4-19)27(28(32)30-17-20-5-9-24-25(15-20)38-18-37-24)31(11-12-34-2)29(33)22-8-10-23-26(16-22)36-14-13-35-23/h3-10,15-16,27H,11-14,17-18H2,1-2H3,(H,30,32). The average Bonchev–Trinajstić information content (AvgIpc) is 3.42. The SMILES string of the molecule is COCCN(C(=O)c1ccc2c(c1)OCCO2)C(C(=O)NCc1ccc2c(c1)OCO2)c1ccc(C)cc1. The first kappa shape index (κ1) is 25.4. The minimum Gasteiger partial charge on any atom is -0.486 e. The number of carbonyl (C=O) groups is 2. The summed E-state index contributed by atoms with van der Waals surface area (Å²) in [5.41, 5.74) is 2.99. The molecule has 9 nitrogen and oxygen atoms in total. The number of fused-ring (bicyclic) bond motifs is 2. The van der Waals surface area contributed by atoms with E-state index >= 15 is 0 Å². The Hall–Kier alpha value is -4.24. The van der Waals surface area contributed by atoms with E-state index in [0.29, 0.717) is 47.3 Å². The van der Waals surface area contributed by atoms with Crippen LogP contribution in [0.2, 0.25) is 0 Å². The number of nitrogens with zero attached hydrogens (tertiary/aromatic N) is 1. The molecule has 0 spiro atoms. The van der Waals surface area contributed by atoms with Crippen LogP contribution in [0.5, 0.6) is 23.0 Å². The normalized spacial score (nSPS) is 14.1. The quantitative estimate of drug-likeness (QED) is 0.462. The average molecular weight is 519 g/mol. The number of hydrogen-bond acceptors (Lipinski definition) is 7. The molecular formula is C29H30N2O7. The molecule has 5 rings (SSSR count). The number of benzene rings is 3. The summed E-state index contributed by atoms with van der Waals surface area (Å²) >= 11 is 0. The maximum absolute atomic E-state index is 13.9. The van der Waals surface area contributed by atoms with E-state index in [1.807, 2.05) is 49.4 Å². The predicted molar refractivity (Wildman–Crippen MR) is 139 cm³/mol. The molecule has 0 saturated carbocycles. The van der Waals surface area contributed by atoms with Crippen LogP contribution in [0.1, 0.15) is 33.1 Å². The second kappa shape index (κ2) is 11.4. The van der Waals surface area contributed by atoms with Gasteiger partial charge in [0.1, 0.15) is 19.3 Å². The zero-order chi connectivity index (χ0) is 26.5. The lowest BCUT2D eigenvalue weighted by Gasteiger charge is -2.32. The van der Waals surface area contributed by atoms with Crippen molar-refractivity contribution in [2.24, 2.45) is 0 Å². The first-order valence-corrected chi connectivity index (χ1v) is 12.5. The fraction of sp³-hybridized carbons (Fsp3) is 0.310. The Labute approximate surface area is 221 Å². The van der Waals surface area contributed by atoms with Gasteiger partial charge in [-0.15, -0.1) is 0 Å². The number of amides is 2. The van der Waals surface area contributed by atoms with Crippen molar-refractivity contribution >= 4 is 11.8 Å². The molecule has 2 aliphatic heterocycles. The highest BCUT2D eigenvalue weighted by Gasteiger charge is 2.32. The van der Waals surface area contributed by atoms with Gasteiger partial charge in [0, 0.05) is 25.8 Å². The van der Waals surface area contributed by atoms with Gasteiger partial charge in [-0.3, -0.25) is 9.59 Å². The minimum absolute atomic E-state index is 0.178. The van der Waals surface area contributed by atoms with Gasteiger partial charge in [0.2, 0.25) is 12.7 Å². The van der Waals surface area contributed by atoms with Gasteiger partial charge in [-0.25, -0.2) is 0 Å². The van der Waals surface area contributed by atoms with Crippen LogP contribution < -0.4 is 24.3 Å². The van der Waals surface area contributed by atoms with Crippen LogP contribution in [0.25, 0.3) is 0 Å². The van der Waals surface area contributed by atoms with E-state index in [1.165, 1.54) is 4.90 Å². The highest BCUT2D eigenvalue weighted by atomic mass is 16.7. The number of nitrogens with one attached hydrogen (secondary N) is 1. The van der Waals surface area contributed by atoms with Gasteiger partial charge in [-0.2, -0.15) is 0 Å². The van der Waals surface area contributed by atoms with Gasteiger partial charge in [-0.05, 0) is 48.4 Å². The molecule has 1 unspecified atom stereocenters. The van der Waals surface area contributed by atoms with Crippen molar-refractivity contribution in [3.05, 3.63) is 82.9 Å². The molecule has 9 heteroatoms. The van der Waals surface area contributed by atoms with Gasteiger partial charge >= 0.3 is 0 Å². The molecule has 2 amide bonds. The maximum Gasteiger partial charge on any atom is 0.255 e. The third-order valence-electron chi connectivity index (χ3n) is 6.44. The van der Waals surface area contributed by atoms with Gasteiger partial charge in [0.05, 0.1) is 6.61 Å². The molecule has 3 aromatic rings. The lowest BCUT2D eigenvalue weighted by Crippen LogP contribution is -2.45. The molecule has 0 saturated heterocycles. The minimum atomic E-state index is -0.888. The number of ether oxygens (including phenoxy) is 5. The topological polar surface area (TPSA) is 95.6 Å². The smallest absolute Gasteiger partial charge is 0.255 e. The van der Waals surface area contributed by atoms with Crippen molar-refractivity contribution in [3.63, 3.8) is 0 Å². The highest BCUT2D eigenvalue weighted by Crippen LogP contribution is 2.34. The molecule has 38 heavy (non-hydrogen) atoms. The van der Waals surface area contributed by atoms with E-state index in [2.05, 4.69) is 5.32 Å². The molecular weight excluding hydrogens is 488 g/mol. The van der Waals surface area contributed by atoms with Crippen LogP contribution in [-0.4, -0.2) is 57.0 Å². The molecule has 198 valence electrons. The largest absolute Gasteiger partial charge is 0.486 e. The third kappa shape index (κ3) is 5.52. The molecule has 1 N–H and O–H groups in total. The molecule has 0 bridgehead atoms. The fourth-order valence-corrected chi connectivity index (χ4v) is 4.44. The molecule has 3 aromatic carbocycles. The summed E-state index contributed by atoms with van der Waals surface area (Å²) in [6.07, 6.45) is 0. The Morgan fingerprint density at radius 3 is 2.37 bits per heavy atom. The summed E-state index contributed by atoms with van der Waals surface area (Å²) in [6.45, 7) is 3.74. The zero-order valence-electron chi connectivity index (χ0n) is 21.4. The van der Waals surface area contributed by atoms with Crippen molar-refractivity contribution < 1.29 is 33.3 Å². The summed E-state index contributed by atoms with van der Waals surface area (Å²) in [5.74, 6) is 1.78. The highest BCUT2D eigenvalue weighted by molar-refractivity contribution is 5.98. The zero-order valence-corrected chi connectivity index (χ0v) is 21.4. The van der Waals surface area contributed by atoms with Crippen LogP contribution in [-0.2, 0) is 16.1 Å². The van der Waals surface area contributed by atoms with E-state index in [-0.39, 0.29) is 38.3 Å². The number of hydrogen-bond donors (Lipinski definition) is 1. The van der Waals surface area contributed by atoms with Crippen molar-refractivity contribution in [1.29, 1.82) is 0 Å². The maximum atomic E-state index is 13.9. The van der Waals surface area contributed by atoms with Crippen LogP contribution in [0, 0.1) is 6.92 Å². The third-order valence-corrected chi connectivity index (χ3v) is 6.44. The molecule has 2 heterocycles. The number of rotatable bonds is 9. The van der Waals surface area contributed by atoms with E-state index in [4.69, 9.17) is 23.7 Å². The van der Waals surface area contributed by atoms with Crippen LogP contribution >= 0.6 is 0 Å². The van der Waals surface area contributed by atoms with Crippen molar-refractivity contribution in [2.45, 2.75) is 19.5 Å². The molecule has 0 fully saturated rings. The molecule has 0 aliphatic carbocycles. The Morgan fingerprint density at radius 2 is 1.58 bits per heavy atom. The monoisotopic (exact) mass is 518 g/mol. The number of aryl methyl sites for hydroxylation is 1. The van der Waals surface area contributed by atoms with Gasteiger partial charge in [0.15, 0.2) is 23.0 Å². The fourth-order valence-electron chi connectivity index (χ4n) is 4.44. The first-order chi connectivity index (χ1) is 18.5. The Morgan fingerprint density at radius 1 is 0.895 bits per heavy atom. The summed E-state index contributed by atoms with van der Waals surface area (Å²) in [5, 5.41) is 3.00.